The van der Waals surface area contributed by atoms with E-state index in [1.165, 1.54) is 0 Å². The molecule has 0 unspecified atom stereocenters. The number of rotatable bonds is 5. The summed E-state index contributed by atoms with van der Waals surface area (Å²) in [5.41, 5.74) is 0.858. The van der Waals surface area contributed by atoms with Crippen LogP contribution in [0, 0.1) is 0 Å². The number of nitrogens with one attached hydrogen (secondary N) is 2. The van der Waals surface area contributed by atoms with Crippen LogP contribution in [0.1, 0.15) is 12.8 Å². The fourth-order valence-corrected chi connectivity index (χ4v) is 2.68. The normalized spacial score (nSPS) is 18.0. The second-order valence-corrected chi connectivity index (χ2v) is 5.34. The van der Waals surface area contributed by atoms with Crippen molar-refractivity contribution in [1.82, 2.24) is 5.32 Å². The third-order valence-corrected chi connectivity index (χ3v) is 3.75. The highest BCUT2D eigenvalue weighted by Gasteiger charge is 2.15. The average molecular weight is 284 g/mol. The topological polar surface area (TPSA) is 50.4 Å². The van der Waals surface area contributed by atoms with Crippen molar-refractivity contribution >= 4 is 22.4 Å². The van der Waals surface area contributed by atoms with Gasteiger partial charge in [-0.15, -0.1) is 0 Å². The van der Waals surface area contributed by atoms with Crippen LogP contribution in [0.5, 0.6) is 0 Å². The van der Waals surface area contributed by atoms with Crippen molar-refractivity contribution < 1.29 is 9.53 Å². The summed E-state index contributed by atoms with van der Waals surface area (Å²) in [5, 5.41) is 8.32. The Balaban J connectivity index is 1.56. The van der Waals surface area contributed by atoms with E-state index >= 15 is 0 Å². The van der Waals surface area contributed by atoms with Gasteiger partial charge >= 0.3 is 0 Å². The summed E-state index contributed by atoms with van der Waals surface area (Å²) in [7, 11) is 0. The number of amides is 1. The van der Waals surface area contributed by atoms with Crippen molar-refractivity contribution in [2.75, 3.05) is 25.0 Å². The van der Waals surface area contributed by atoms with Gasteiger partial charge in [-0.05, 0) is 24.3 Å². The van der Waals surface area contributed by atoms with Crippen LogP contribution < -0.4 is 10.6 Å². The Morgan fingerprint density at radius 3 is 2.90 bits per heavy atom. The van der Waals surface area contributed by atoms with Crippen molar-refractivity contribution in [1.29, 1.82) is 0 Å². The van der Waals surface area contributed by atoms with Gasteiger partial charge in [-0.1, -0.05) is 36.4 Å². The number of carbonyl (C=O) groups excluding carboxylic acids is 1. The van der Waals surface area contributed by atoms with E-state index in [0.717, 1.165) is 42.5 Å². The monoisotopic (exact) mass is 284 g/mol. The molecular formula is C17H20N2O2. The van der Waals surface area contributed by atoms with Crippen LogP contribution in [-0.2, 0) is 9.53 Å². The first-order valence-electron chi connectivity index (χ1n) is 7.43. The molecule has 1 heterocycles. The molecule has 1 aliphatic rings. The first-order chi connectivity index (χ1) is 10.3. The lowest BCUT2D eigenvalue weighted by Crippen LogP contribution is -2.33. The molecule has 0 aromatic heterocycles. The van der Waals surface area contributed by atoms with Gasteiger partial charge in [-0.3, -0.25) is 4.79 Å². The Labute approximate surface area is 124 Å². The predicted molar refractivity (Wildman–Crippen MR) is 84.4 cm³/mol. The van der Waals surface area contributed by atoms with E-state index in [2.05, 4.69) is 10.6 Å². The molecule has 2 aromatic rings. The molecule has 2 N–H and O–H groups in total. The summed E-state index contributed by atoms with van der Waals surface area (Å²) in [4.78, 5) is 12.0. The lowest BCUT2D eigenvalue weighted by molar-refractivity contribution is -0.115. The second-order valence-electron chi connectivity index (χ2n) is 5.34. The summed E-state index contributed by atoms with van der Waals surface area (Å²) >= 11 is 0. The lowest BCUT2D eigenvalue weighted by atomic mass is 10.1. The van der Waals surface area contributed by atoms with Crippen LogP contribution in [0.2, 0.25) is 0 Å². The van der Waals surface area contributed by atoms with Crippen molar-refractivity contribution in [2.45, 2.75) is 18.9 Å². The minimum atomic E-state index is -0.0237. The smallest absolute Gasteiger partial charge is 0.238 e. The Bertz CT molecular complexity index is 616. The van der Waals surface area contributed by atoms with Gasteiger partial charge in [0.15, 0.2) is 0 Å². The summed E-state index contributed by atoms with van der Waals surface area (Å²) < 4.78 is 5.52. The standard InChI is InChI=1S/C17H20N2O2/c20-17(12-18-11-14-7-4-10-21-14)19-16-9-3-6-13-5-1-2-8-15(13)16/h1-3,5-6,8-9,14,18H,4,7,10-12H2,(H,19,20)/t14-/m1/s1. The van der Waals surface area contributed by atoms with E-state index in [9.17, 15) is 4.79 Å². The Morgan fingerprint density at radius 1 is 1.19 bits per heavy atom. The molecule has 1 amide bonds. The van der Waals surface area contributed by atoms with Gasteiger partial charge in [0.2, 0.25) is 5.91 Å². The summed E-state index contributed by atoms with van der Waals surface area (Å²) in [6, 6.07) is 14.0. The molecule has 0 saturated carbocycles. The zero-order chi connectivity index (χ0) is 14.5. The number of carbonyl (C=O) groups is 1. The van der Waals surface area contributed by atoms with Crippen LogP contribution in [0.25, 0.3) is 10.8 Å². The molecule has 1 fully saturated rings. The van der Waals surface area contributed by atoms with Gasteiger partial charge in [0.25, 0.3) is 0 Å². The molecule has 0 aliphatic carbocycles. The maximum Gasteiger partial charge on any atom is 0.238 e. The fraction of sp³-hybridized carbons (Fsp3) is 0.353. The van der Waals surface area contributed by atoms with Crippen LogP contribution >= 0.6 is 0 Å². The van der Waals surface area contributed by atoms with Crippen molar-refractivity contribution in [3.63, 3.8) is 0 Å². The number of hydrogen-bond acceptors (Lipinski definition) is 3. The molecule has 0 bridgehead atoms. The average Bonchev–Trinajstić information content (AvgIpc) is 3.01. The number of benzene rings is 2. The molecule has 3 rings (SSSR count). The van der Waals surface area contributed by atoms with Crippen LogP contribution in [-0.4, -0.2) is 31.7 Å². The van der Waals surface area contributed by atoms with E-state index < -0.39 is 0 Å². The Kier molecular flexibility index (Phi) is 4.48. The summed E-state index contributed by atoms with van der Waals surface area (Å²) in [5.74, 6) is -0.0237. The predicted octanol–water partition coefficient (Wildman–Crippen LogP) is 2.55. The highest BCUT2D eigenvalue weighted by Crippen LogP contribution is 2.22. The van der Waals surface area contributed by atoms with Crippen LogP contribution in [0.15, 0.2) is 42.5 Å². The zero-order valence-electron chi connectivity index (χ0n) is 12.0. The molecular weight excluding hydrogens is 264 g/mol. The molecule has 21 heavy (non-hydrogen) atoms. The van der Waals surface area contributed by atoms with E-state index in [-0.39, 0.29) is 12.0 Å². The molecule has 1 saturated heterocycles. The van der Waals surface area contributed by atoms with Gasteiger partial charge in [-0.25, -0.2) is 0 Å². The third-order valence-electron chi connectivity index (χ3n) is 3.75. The largest absolute Gasteiger partial charge is 0.377 e. The second kappa shape index (κ2) is 6.70. The summed E-state index contributed by atoms with van der Waals surface area (Å²) in [6.07, 6.45) is 2.46. The number of hydrogen-bond donors (Lipinski definition) is 2. The minimum Gasteiger partial charge on any atom is -0.377 e. The van der Waals surface area contributed by atoms with E-state index in [1.54, 1.807) is 0 Å². The highest BCUT2D eigenvalue weighted by molar-refractivity contribution is 6.02. The SMILES string of the molecule is O=C(CNC[C@H]1CCCO1)Nc1cccc2ccccc12. The number of ether oxygens (including phenoxy) is 1. The zero-order valence-corrected chi connectivity index (χ0v) is 12.0. The first kappa shape index (κ1) is 14.0. The number of fused-ring (bicyclic) bond motifs is 1. The van der Waals surface area contributed by atoms with Crippen LogP contribution in [0.3, 0.4) is 0 Å². The molecule has 4 nitrogen and oxygen atoms in total. The maximum absolute atomic E-state index is 12.0. The van der Waals surface area contributed by atoms with Crippen molar-refractivity contribution in [3.8, 4) is 0 Å². The molecule has 1 aliphatic heterocycles. The van der Waals surface area contributed by atoms with Gasteiger partial charge in [0.05, 0.1) is 12.6 Å². The van der Waals surface area contributed by atoms with Crippen LogP contribution in [0.4, 0.5) is 5.69 Å². The first-order valence-corrected chi connectivity index (χ1v) is 7.43. The fourth-order valence-electron chi connectivity index (χ4n) is 2.68. The summed E-state index contributed by atoms with van der Waals surface area (Å²) in [6.45, 7) is 1.89. The molecule has 110 valence electrons. The van der Waals surface area contributed by atoms with Gasteiger partial charge in [0, 0.05) is 24.2 Å². The molecule has 4 heteroatoms. The molecule has 1 atom stereocenters. The molecule has 0 radical (unpaired) electrons. The highest BCUT2D eigenvalue weighted by atomic mass is 16.5. The quantitative estimate of drug-likeness (QED) is 0.887. The van der Waals surface area contributed by atoms with E-state index in [1.807, 2.05) is 42.5 Å². The Morgan fingerprint density at radius 2 is 2.05 bits per heavy atom. The van der Waals surface area contributed by atoms with E-state index in [4.69, 9.17) is 4.74 Å². The lowest BCUT2D eigenvalue weighted by Gasteiger charge is -2.12. The molecule has 2 aromatic carbocycles. The maximum atomic E-state index is 12.0. The van der Waals surface area contributed by atoms with Crippen molar-refractivity contribution in [3.05, 3.63) is 42.5 Å². The molecule has 0 spiro atoms. The van der Waals surface area contributed by atoms with Gasteiger partial charge < -0.3 is 15.4 Å². The van der Waals surface area contributed by atoms with E-state index in [0.29, 0.717) is 6.54 Å². The minimum absolute atomic E-state index is 0.0237. The van der Waals surface area contributed by atoms with Gasteiger partial charge in [-0.2, -0.15) is 0 Å². The van der Waals surface area contributed by atoms with Gasteiger partial charge in [0.1, 0.15) is 0 Å². The third kappa shape index (κ3) is 3.60. The Hall–Kier alpha value is -1.91. The number of anilines is 1. The van der Waals surface area contributed by atoms with Crippen molar-refractivity contribution in [2.24, 2.45) is 0 Å².